The van der Waals surface area contributed by atoms with Crippen LogP contribution in [0.25, 0.3) is 0 Å². The van der Waals surface area contributed by atoms with Crippen LogP contribution in [-0.4, -0.2) is 54.1 Å². The average molecular weight is 585 g/mol. The maximum Gasteiger partial charge on any atom is 0.328 e. The summed E-state index contributed by atoms with van der Waals surface area (Å²) in [6.45, 7) is 1.46. The first-order valence-corrected chi connectivity index (χ1v) is 14.4. The molecule has 2 aromatic carbocycles. The highest BCUT2D eigenvalue weighted by Gasteiger charge is 2.35. The van der Waals surface area contributed by atoms with Crippen molar-refractivity contribution in [3.05, 3.63) is 88.7 Å². The van der Waals surface area contributed by atoms with E-state index in [1.807, 2.05) is 6.26 Å². The topological polar surface area (TPSA) is 104 Å². The Morgan fingerprint density at radius 3 is 2.54 bits per heavy atom. The molecule has 1 aliphatic rings. The van der Waals surface area contributed by atoms with Crippen LogP contribution in [0, 0.1) is 11.6 Å². The maximum absolute atomic E-state index is 13.9. The summed E-state index contributed by atoms with van der Waals surface area (Å²) in [7, 11) is 1.37. The highest BCUT2D eigenvalue weighted by atomic mass is 32.2. The van der Waals surface area contributed by atoms with Gasteiger partial charge in [-0.3, -0.25) is 9.59 Å². The fraction of sp³-hybridized carbons (Fsp3) is 0.333. The van der Waals surface area contributed by atoms with Gasteiger partial charge in [-0.1, -0.05) is 18.2 Å². The normalized spacial score (nSPS) is 16.7. The highest BCUT2D eigenvalue weighted by molar-refractivity contribution is 7.98. The number of fused-ring (bicyclic) bond motifs is 1. The maximum atomic E-state index is 13.9. The second kappa shape index (κ2) is 13.6. The molecule has 8 nitrogen and oxygen atoms in total. The van der Waals surface area contributed by atoms with Crippen molar-refractivity contribution in [1.29, 1.82) is 0 Å². The third-order valence-electron chi connectivity index (χ3n) is 6.74. The van der Waals surface area contributed by atoms with Crippen LogP contribution in [0.15, 0.2) is 54.7 Å². The molecule has 11 heteroatoms. The van der Waals surface area contributed by atoms with Crippen LogP contribution in [0.4, 0.5) is 8.78 Å². The number of halogens is 2. The Kier molecular flexibility index (Phi) is 9.93. The van der Waals surface area contributed by atoms with Crippen molar-refractivity contribution in [3.63, 3.8) is 0 Å². The summed E-state index contributed by atoms with van der Waals surface area (Å²) in [5.41, 5.74) is 2.06. The van der Waals surface area contributed by atoms with E-state index in [-0.39, 0.29) is 29.4 Å². The number of carbonyl (C=O) groups is 3. The number of pyridine rings is 1. The van der Waals surface area contributed by atoms with Gasteiger partial charge in [0.2, 0.25) is 5.75 Å². The molecule has 4 rings (SSSR count). The van der Waals surface area contributed by atoms with Gasteiger partial charge in [0.1, 0.15) is 23.8 Å². The van der Waals surface area contributed by atoms with Crippen LogP contribution in [0.1, 0.15) is 52.9 Å². The number of aromatic nitrogens is 1. The number of nitrogens with zero attached hydrogens (tertiary/aromatic N) is 1. The smallest absolute Gasteiger partial charge is 0.328 e. The largest absolute Gasteiger partial charge is 0.493 e. The molecule has 1 amide bonds. The van der Waals surface area contributed by atoms with Crippen LogP contribution >= 0.6 is 11.8 Å². The molecular weight excluding hydrogens is 554 g/mol. The van der Waals surface area contributed by atoms with Crippen molar-refractivity contribution in [1.82, 2.24) is 10.3 Å². The quantitative estimate of drug-likeness (QED) is 0.338. The lowest BCUT2D eigenvalue weighted by atomic mass is 9.77. The van der Waals surface area contributed by atoms with Gasteiger partial charge in [0, 0.05) is 23.9 Å². The first-order valence-electron chi connectivity index (χ1n) is 13.0. The van der Waals surface area contributed by atoms with E-state index in [4.69, 9.17) is 14.2 Å². The summed E-state index contributed by atoms with van der Waals surface area (Å²) in [6, 6.07) is 10.7. The number of ether oxygens (including phenoxy) is 3. The molecule has 1 N–H and O–H groups in total. The minimum Gasteiger partial charge on any atom is -0.493 e. The zero-order valence-electron chi connectivity index (χ0n) is 22.8. The minimum absolute atomic E-state index is 0.120. The monoisotopic (exact) mass is 584 g/mol. The summed E-state index contributed by atoms with van der Waals surface area (Å²) < 4.78 is 44.1. The van der Waals surface area contributed by atoms with Gasteiger partial charge in [-0.15, -0.1) is 0 Å². The fourth-order valence-corrected chi connectivity index (χ4v) is 5.10. The van der Waals surface area contributed by atoms with Gasteiger partial charge in [-0.2, -0.15) is 11.8 Å². The number of benzene rings is 2. The van der Waals surface area contributed by atoms with E-state index in [0.717, 1.165) is 11.1 Å². The van der Waals surface area contributed by atoms with Gasteiger partial charge in [-0.05, 0) is 67.0 Å². The van der Waals surface area contributed by atoms with E-state index in [9.17, 15) is 23.2 Å². The summed E-state index contributed by atoms with van der Waals surface area (Å²) in [5.74, 6) is -2.74. The SMILES string of the molecule is COc1ccnc(C(=O)N[C@@H](C)C(=O)OC2CCc3cc(F)ccc3C2c2ccc(F)cc2)c1OC(=O)CCSC. The predicted molar refractivity (Wildman–Crippen MR) is 149 cm³/mol. The first kappa shape index (κ1) is 30.0. The Labute approximate surface area is 240 Å². The second-order valence-electron chi connectivity index (χ2n) is 9.49. The number of rotatable bonds is 10. The zero-order chi connectivity index (χ0) is 29.5. The molecule has 216 valence electrons. The fourth-order valence-electron chi connectivity index (χ4n) is 4.73. The molecule has 3 aromatic rings. The lowest BCUT2D eigenvalue weighted by Crippen LogP contribution is -2.43. The molecule has 1 aliphatic carbocycles. The van der Waals surface area contributed by atoms with Crippen molar-refractivity contribution in [3.8, 4) is 11.5 Å². The molecule has 0 fully saturated rings. The third kappa shape index (κ3) is 7.21. The Morgan fingerprint density at radius 1 is 1.10 bits per heavy atom. The van der Waals surface area contributed by atoms with Crippen molar-refractivity contribution in [2.75, 3.05) is 19.1 Å². The summed E-state index contributed by atoms with van der Waals surface area (Å²) in [6.07, 6.45) is 3.53. The number of carbonyl (C=O) groups excluding carboxylic acids is 3. The molecule has 1 heterocycles. The summed E-state index contributed by atoms with van der Waals surface area (Å²) >= 11 is 1.47. The van der Waals surface area contributed by atoms with E-state index < -0.39 is 41.7 Å². The van der Waals surface area contributed by atoms with Crippen LogP contribution in [0.3, 0.4) is 0 Å². The number of esters is 2. The number of nitrogens with one attached hydrogen (secondary N) is 1. The van der Waals surface area contributed by atoms with E-state index in [2.05, 4.69) is 10.3 Å². The third-order valence-corrected chi connectivity index (χ3v) is 7.35. The van der Waals surface area contributed by atoms with Crippen LogP contribution in [0.2, 0.25) is 0 Å². The van der Waals surface area contributed by atoms with Gasteiger partial charge in [0.25, 0.3) is 5.91 Å². The Balaban J connectivity index is 1.51. The van der Waals surface area contributed by atoms with Gasteiger partial charge >= 0.3 is 11.9 Å². The molecule has 2 unspecified atom stereocenters. The number of hydrogen-bond donors (Lipinski definition) is 1. The van der Waals surface area contributed by atoms with Crippen LogP contribution in [0.5, 0.6) is 11.5 Å². The van der Waals surface area contributed by atoms with E-state index in [1.54, 1.807) is 18.2 Å². The molecule has 3 atom stereocenters. The zero-order valence-corrected chi connectivity index (χ0v) is 23.6. The van der Waals surface area contributed by atoms with Crippen molar-refractivity contribution >= 4 is 29.6 Å². The van der Waals surface area contributed by atoms with E-state index >= 15 is 0 Å². The van der Waals surface area contributed by atoms with Gasteiger partial charge in [0.15, 0.2) is 11.4 Å². The lowest BCUT2D eigenvalue weighted by molar-refractivity contribution is -0.152. The van der Waals surface area contributed by atoms with Gasteiger partial charge in [0.05, 0.1) is 13.5 Å². The molecule has 1 aromatic heterocycles. The molecule has 0 saturated carbocycles. The molecule has 0 bridgehead atoms. The van der Waals surface area contributed by atoms with Gasteiger partial charge < -0.3 is 19.5 Å². The van der Waals surface area contributed by atoms with Crippen LogP contribution in [-0.2, 0) is 20.7 Å². The lowest BCUT2D eigenvalue weighted by Gasteiger charge is -2.34. The molecular formula is C30H30F2N2O6S. The molecule has 41 heavy (non-hydrogen) atoms. The predicted octanol–water partition coefficient (Wildman–Crippen LogP) is 4.84. The molecule has 0 aliphatic heterocycles. The number of thioether (sulfide) groups is 1. The van der Waals surface area contributed by atoms with Crippen molar-refractivity contribution in [2.24, 2.45) is 0 Å². The Hall–Kier alpha value is -3.99. The standard InChI is InChI=1S/C30H30F2N2O6S/c1-17(34-29(36)27-28(24(38-2)12-14-33-27)40-25(35)13-15-41-3)30(37)39-23-11-6-19-16-21(32)9-10-22(19)26(23)18-4-7-20(31)8-5-18/h4-5,7-10,12,14,16-17,23,26H,6,11,13,15H2,1-3H3,(H,34,36)/t17-,23?,26?/m0/s1. The molecule has 0 spiro atoms. The highest BCUT2D eigenvalue weighted by Crippen LogP contribution is 2.39. The number of aryl methyl sites for hydroxylation is 1. The number of amides is 1. The molecule has 0 radical (unpaired) electrons. The number of hydrogen-bond acceptors (Lipinski definition) is 8. The Morgan fingerprint density at radius 2 is 1.83 bits per heavy atom. The van der Waals surface area contributed by atoms with E-state index in [0.29, 0.717) is 24.2 Å². The summed E-state index contributed by atoms with van der Waals surface area (Å²) in [5, 5.41) is 2.56. The van der Waals surface area contributed by atoms with Crippen LogP contribution < -0.4 is 14.8 Å². The minimum atomic E-state index is -1.10. The molecule has 0 saturated heterocycles. The summed E-state index contributed by atoms with van der Waals surface area (Å²) in [4.78, 5) is 42.7. The average Bonchev–Trinajstić information content (AvgIpc) is 2.96. The van der Waals surface area contributed by atoms with Crippen molar-refractivity contribution < 1.29 is 37.4 Å². The number of methoxy groups -OCH3 is 1. The second-order valence-corrected chi connectivity index (χ2v) is 10.5. The first-order chi connectivity index (χ1) is 19.7. The Bertz CT molecular complexity index is 1420. The van der Waals surface area contributed by atoms with Crippen molar-refractivity contribution in [2.45, 2.75) is 44.2 Å². The van der Waals surface area contributed by atoms with E-state index in [1.165, 1.54) is 62.3 Å². The van der Waals surface area contributed by atoms with Gasteiger partial charge in [-0.25, -0.2) is 18.6 Å².